The van der Waals surface area contributed by atoms with Crippen molar-refractivity contribution in [3.05, 3.63) is 0 Å². The van der Waals surface area contributed by atoms with Crippen LogP contribution in [0.4, 0.5) is 0 Å². The van der Waals surface area contributed by atoms with Gasteiger partial charge in [-0.1, -0.05) is 0 Å². The maximum atomic E-state index is 10.0. The van der Waals surface area contributed by atoms with Crippen LogP contribution in [-0.4, -0.2) is 118 Å². The molecule has 12 heteroatoms. The molecule has 0 saturated carbocycles. The molecule has 2 heterocycles. The van der Waals surface area contributed by atoms with Crippen LogP contribution < -0.4 is 10.6 Å². The number of hydrogen-bond donors (Lipinski definition) is 2. The van der Waals surface area contributed by atoms with Crippen LogP contribution in [0.2, 0.25) is 0 Å². The second kappa shape index (κ2) is 32.0. The molecular formula is C26H61ClIrN3O5P2+2. The monoisotopic (exact) mass is 785 g/mol. The Bertz CT molecular complexity index is 494. The molecule has 0 spiro atoms. The van der Waals surface area contributed by atoms with E-state index < -0.39 is 0 Å². The Morgan fingerprint density at radius 2 is 1.18 bits per heavy atom. The molecule has 0 radical (unpaired) electrons. The summed E-state index contributed by atoms with van der Waals surface area (Å²) in [5.74, 6) is 0. The Morgan fingerprint density at radius 1 is 0.842 bits per heavy atom. The Morgan fingerprint density at radius 3 is 1.39 bits per heavy atom. The van der Waals surface area contributed by atoms with E-state index in [4.69, 9.17) is 28.6 Å². The first kappa shape index (κ1) is 42.9. The number of ether oxygens (including phenoxy) is 2. The summed E-state index contributed by atoms with van der Waals surface area (Å²) < 4.78 is 10.0. The standard InChI is InChI=1S/C16H37NP2.C5H9NO2.C4H9NO.CO2.ClH.Ir.H2.2H/c1-13(2)18(14(3)4)11-9-17-10-12-19(15(5)6)16(7)8;7-5-6-1-3-8-4-2-6;1-3-6-4-2-5-1;2-1-3;;;;;/h13-17H,9-12H2,1-8H3;5H,1-4H2;5H,1-4H2;;1H;;1H;;/q;;;;;+1;;;/p+1. The van der Waals surface area contributed by atoms with Crippen molar-refractivity contribution in [2.45, 2.75) is 78.0 Å². The van der Waals surface area contributed by atoms with Crippen LogP contribution >= 0.6 is 25.4 Å². The van der Waals surface area contributed by atoms with E-state index in [2.05, 4.69) is 66.0 Å². The molecule has 2 aliphatic rings. The molecule has 0 bridgehead atoms. The summed E-state index contributed by atoms with van der Waals surface area (Å²) in [4.78, 5) is 28.0. The molecule has 0 aromatic rings. The zero-order chi connectivity index (χ0) is 29.8. The van der Waals surface area contributed by atoms with Gasteiger partial charge < -0.3 is 25.0 Å². The number of rotatable bonds is 11. The number of nitrogens with zero attached hydrogens (tertiary/aromatic N) is 1. The number of halogens is 1. The third-order valence-corrected chi connectivity index (χ3v) is 13.8. The van der Waals surface area contributed by atoms with Gasteiger partial charge in [0.25, 0.3) is 0 Å². The van der Waals surface area contributed by atoms with Crippen LogP contribution in [-0.2, 0) is 41.7 Å². The van der Waals surface area contributed by atoms with Crippen molar-refractivity contribution in [1.29, 1.82) is 0 Å². The average Bonchev–Trinajstić information content (AvgIpc) is 2.91. The minimum absolute atomic E-state index is 0. The van der Waals surface area contributed by atoms with Crippen molar-refractivity contribution in [3.63, 3.8) is 0 Å². The van der Waals surface area contributed by atoms with E-state index in [1.807, 2.05) is 0 Å². The third kappa shape index (κ3) is 28.0. The van der Waals surface area contributed by atoms with Gasteiger partial charge in [-0.3, -0.25) is 4.79 Å². The fraction of sp³-hybridized carbons (Fsp3) is 0.923. The van der Waals surface area contributed by atoms with Crippen LogP contribution in [0.5, 0.6) is 0 Å². The molecule has 2 saturated heterocycles. The van der Waals surface area contributed by atoms with Crippen molar-refractivity contribution in [2.75, 3.05) is 78.0 Å². The van der Waals surface area contributed by atoms with Gasteiger partial charge >= 0.3 is 33.6 Å². The molecule has 0 atom stereocenters. The Kier molecular flexibility index (Phi) is 36.2. The molecule has 2 fully saturated rings. The maximum Gasteiger partial charge on any atom is 0 e. The summed E-state index contributed by atoms with van der Waals surface area (Å²) in [5, 5.41) is 6.88. The zero-order valence-electron chi connectivity index (χ0n) is 25.1. The average molecular weight is 785 g/mol. The molecule has 2 aliphatic heterocycles. The SMILES string of the molecule is C1COCCN1.CC(C)[PH+](CCNCC[PH+](C(C)C)C(C)C)C(C)C.O=C=O.O=CN1CCOCC1.[Cl][IrH2].[HH]. The summed E-state index contributed by atoms with van der Waals surface area (Å²) in [6.45, 7) is 28.5. The number of nitrogens with one attached hydrogen (secondary N) is 2. The summed E-state index contributed by atoms with van der Waals surface area (Å²) >= 11 is 1.19. The normalized spacial score (nSPS) is 15.0. The maximum absolute atomic E-state index is 10.0. The molecule has 38 heavy (non-hydrogen) atoms. The Labute approximate surface area is 252 Å². The summed E-state index contributed by atoms with van der Waals surface area (Å²) in [5.41, 5.74) is 3.66. The fourth-order valence-corrected chi connectivity index (χ4v) is 10.2. The van der Waals surface area contributed by atoms with Crippen molar-refractivity contribution in [2.24, 2.45) is 0 Å². The van der Waals surface area contributed by atoms with E-state index in [0.29, 0.717) is 13.2 Å². The molecule has 0 aliphatic carbocycles. The van der Waals surface area contributed by atoms with Crippen molar-refractivity contribution >= 4 is 38.0 Å². The van der Waals surface area contributed by atoms with E-state index in [0.717, 1.165) is 68.4 Å². The Hall–Kier alpha value is 0.489. The van der Waals surface area contributed by atoms with Crippen molar-refractivity contribution in [1.82, 2.24) is 15.5 Å². The molecule has 234 valence electrons. The first-order valence-electron chi connectivity index (χ1n) is 13.7. The minimum atomic E-state index is -0.166. The summed E-state index contributed by atoms with van der Waals surface area (Å²) in [7, 11) is 4.36. The molecular weight excluding hydrogens is 724 g/mol. The first-order chi connectivity index (χ1) is 18.1. The van der Waals surface area contributed by atoms with Crippen LogP contribution in [0.25, 0.3) is 0 Å². The van der Waals surface area contributed by atoms with Crippen LogP contribution in [0.1, 0.15) is 56.8 Å². The number of carbonyl (C=O) groups excluding carboxylic acids is 3. The molecule has 0 aromatic carbocycles. The topological polar surface area (TPSA) is 97.0 Å². The largest absolute Gasteiger partial charge is 0 e. The number of amides is 1. The van der Waals surface area contributed by atoms with E-state index in [1.54, 1.807) is 4.90 Å². The van der Waals surface area contributed by atoms with Crippen molar-refractivity contribution in [3.8, 4) is 0 Å². The second-order valence-electron chi connectivity index (χ2n) is 10.2. The predicted octanol–water partition coefficient (Wildman–Crippen LogP) is 3.53. The van der Waals surface area contributed by atoms with Crippen LogP contribution in [0.3, 0.4) is 0 Å². The first-order valence-corrected chi connectivity index (χ1v) is 20.8. The van der Waals surface area contributed by atoms with Crippen LogP contribution in [0.15, 0.2) is 0 Å². The minimum Gasteiger partial charge on any atom is 0 e. The van der Waals surface area contributed by atoms with Crippen molar-refractivity contribution < 1.29 is 43.2 Å². The van der Waals surface area contributed by atoms with E-state index >= 15 is 0 Å². The van der Waals surface area contributed by atoms with Gasteiger partial charge in [0.2, 0.25) is 6.41 Å². The van der Waals surface area contributed by atoms with Gasteiger partial charge in [-0.25, -0.2) is 0 Å². The predicted molar refractivity (Wildman–Crippen MR) is 168 cm³/mol. The van der Waals surface area contributed by atoms with Gasteiger partial charge in [0.1, 0.15) is 0 Å². The molecule has 0 aromatic heterocycles. The smallest absolute Gasteiger partial charge is 0 e. The second-order valence-corrected chi connectivity index (χ2v) is 18.1. The Balaban J connectivity index is -0.000000249. The zero-order valence-corrected chi connectivity index (χ0v) is 30.6. The molecule has 2 N–H and O–H groups in total. The third-order valence-electron chi connectivity index (χ3n) is 6.19. The van der Waals surface area contributed by atoms with Gasteiger partial charge in [-0.2, -0.15) is 9.59 Å². The van der Waals surface area contributed by atoms with Gasteiger partial charge in [-0.05, 0) is 55.4 Å². The van der Waals surface area contributed by atoms with E-state index in [9.17, 15) is 4.79 Å². The van der Waals surface area contributed by atoms with Gasteiger partial charge in [0.05, 0.1) is 61.4 Å². The van der Waals surface area contributed by atoms with E-state index in [1.165, 1.54) is 43.3 Å². The van der Waals surface area contributed by atoms with Gasteiger partial charge in [0, 0.05) is 56.5 Å². The van der Waals surface area contributed by atoms with E-state index in [-0.39, 0.29) is 23.4 Å². The molecule has 8 nitrogen and oxygen atoms in total. The number of carbonyl (C=O) groups is 1. The number of hydrogen-bond acceptors (Lipinski definition) is 7. The fourth-order valence-electron chi connectivity index (χ4n) is 4.28. The quantitative estimate of drug-likeness (QED) is 0.188. The van der Waals surface area contributed by atoms with Gasteiger partial charge in [-0.15, -0.1) is 0 Å². The molecule has 2 rings (SSSR count). The molecule has 1 amide bonds. The summed E-state index contributed by atoms with van der Waals surface area (Å²) in [6, 6.07) is 0. The molecule has 0 unspecified atom stereocenters. The van der Waals surface area contributed by atoms with Crippen LogP contribution in [0, 0.1) is 0 Å². The summed E-state index contributed by atoms with van der Waals surface area (Å²) in [6.07, 6.45) is 3.99. The van der Waals surface area contributed by atoms with Gasteiger partial charge in [0.15, 0.2) is 0 Å². The number of morpholine rings is 2.